The fourth-order valence-corrected chi connectivity index (χ4v) is 8.95. The van der Waals surface area contributed by atoms with Gasteiger partial charge in [-0.1, -0.05) is 60.2 Å². The molecule has 0 bridgehead atoms. The van der Waals surface area contributed by atoms with Crippen molar-refractivity contribution < 1.29 is 24.3 Å². The average molecular weight is 701 g/mol. The normalized spacial score (nSPS) is 24.7. The number of aromatic hydroxyl groups is 1. The number of hydrogen-bond acceptors (Lipinski definition) is 7. The number of rotatable bonds is 7. The number of nitrogens with zero attached hydrogens (tertiary/aromatic N) is 2. The van der Waals surface area contributed by atoms with Crippen LogP contribution in [0.25, 0.3) is 0 Å². The number of imide groups is 2. The zero-order valence-electron chi connectivity index (χ0n) is 28.6. The monoisotopic (exact) mass is 700 g/mol. The first-order valence-electron chi connectivity index (χ1n) is 17.9. The number of nitrogens with one attached hydrogen (secondary N) is 2. The highest BCUT2D eigenvalue weighted by molar-refractivity contribution is 6.24. The van der Waals surface area contributed by atoms with Crippen LogP contribution in [0.15, 0.2) is 145 Å². The molecule has 6 atom stereocenters. The number of hydrogen-bond donors (Lipinski definition) is 3. The number of para-hydroxylation sites is 2. The highest BCUT2D eigenvalue weighted by Crippen LogP contribution is 2.58. The average Bonchev–Trinajstić information content (AvgIpc) is 3.59. The molecule has 4 aliphatic rings. The molecular weight excluding hydrogens is 665 g/mol. The largest absolute Gasteiger partial charge is 0.508 e. The lowest BCUT2D eigenvalue weighted by Crippen LogP contribution is -2.43. The van der Waals surface area contributed by atoms with Gasteiger partial charge in [-0.05, 0) is 109 Å². The molecule has 9 heteroatoms. The van der Waals surface area contributed by atoms with Crippen LogP contribution >= 0.6 is 0 Å². The Morgan fingerprint density at radius 3 is 1.57 bits per heavy atom. The Balaban J connectivity index is 1.03. The van der Waals surface area contributed by atoms with Gasteiger partial charge in [-0.15, -0.1) is 0 Å². The van der Waals surface area contributed by atoms with Gasteiger partial charge in [0.2, 0.25) is 23.6 Å². The Kier molecular flexibility index (Phi) is 7.91. The van der Waals surface area contributed by atoms with Crippen LogP contribution in [-0.2, 0) is 19.2 Å². The topological polar surface area (TPSA) is 119 Å². The first-order chi connectivity index (χ1) is 25.9. The van der Waals surface area contributed by atoms with E-state index in [1.54, 1.807) is 42.5 Å². The van der Waals surface area contributed by atoms with Crippen LogP contribution in [0.4, 0.5) is 34.1 Å². The van der Waals surface area contributed by atoms with Crippen LogP contribution in [0.1, 0.15) is 24.3 Å². The number of fused-ring (bicyclic) bond motifs is 4. The zero-order valence-corrected chi connectivity index (χ0v) is 28.6. The molecule has 2 saturated heterocycles. The highest BCUT2D eigenvalue weighted by atomic mass is 16.3. The first kappa shape index (κ1) is 32.4. The van der Waals surface area contributed by atoms with Crippen LogP contribution in [0.3, 0.4) is 0 Å². The van der Waals surface area contributed by atoms with Crippen molar-refractivity contribution in [3.63, 3.8) is 0 Å². The minimum absolute atomic E-state index is 0.0501. The van der Waals surface area contributed by atoms with E-state index in [1.165, 1.54) is 9.80 Å². The maximum atomic E-state index is 14.5. The first-order valence-corrected chi connectivity index (χ1v) is 17.9. The predicted octanol–water partition coefficient (Wildman–Crippen LogP) is 7.92. The lowest BCUT2D eigenvalue weighted by atomic mass is 9.57. The molecule has 9 rings (SSSR count). The molecule has 5 aromatic carbocycles. The van der Waals surface area contributed by atoms with E-state index >= 15 is 0 Å². The Hall–Kier alpha value is -6.48. The second kappa shape index (κ2) is 12.9. The second-order valence-electron chi connectivity index (χ2n) is 14.2. The van der Waals surface area contributed by atoms with Gasteiger partial charge in [0, 0.05) is 28.7 Å². The Labute approximate surface area is 306 Å². The molecule has 0 spiro atoms. The summed E-state index contributed by atoms with van der Waals surface area (Å²) in [5.74, 6) is -4.78. The van der Waals surface area contributed by atoms with Crippen molar-refractivity contribution in [3.05, 3.63) is 151 Å². The van der Waals surface area contributed by atoms with E-state index in [-0.39, 0.29) is 35.8 Å². The second-order valence-corrected chi connectivity index (χ2v) is 14.2. The summed E-state index contributed by atoms with van der Waals surface area (Å²) in [4.78, 5) is 59.9. The van der Waals surface area contributed by atoms with Gasteiger partial charge in [0.1, 0.15) is 5.75 Å². The van der Waals surface area contributed by atoms with Crippen molar-refractivity contribution in [2.24, 2.45) is 29.6 Å². The Morgan fingerprint density at radius 1 is 0.509 bits per heavy atom. The van der Waals surface area contributed by atoms with Crippen LogP contribution < -0.4 is 20.4 Å². The lowest BCUT2D eigenvalue weighted by molar-refractivity contribution is -0.126. The van der Waals surface area contributed by atoms with Crippen molar-refractivity contribution in [1.29, 1.82) is 0 Å². The number of benzene rings is 5. The summed E-state index contributed by atoms with van der Waals surface area (Å²) >= 11 is 0. The maximum Gasteiger partial charge on any atom is 0.238 e. The van der Waals surface area contributed by atoms with Crippen molar-refractivity contribution in [3.8, 4) is 5.75 Å². The minimum atomic E-state index is -0.724. The van der Waals surface area contributed by atoms with E-state index in [1.807, 2.05) is 97.1 Å². The van der Waals surface area contributed by atoms with Gasteiger partial charge in [-0.2, -0.15) is 0 Å². The molecule has 3 fully saturated rings. The molecule has 0 aromatic heterocycles. The fourth-order valence-electron chi connectivity index (χ4n) is 8.95. The number of amides is 4. The van der Waals surface area contributed by atoms with Gasteiger partial charge in [0.15, 0.2) is 0 Å². The molecule has 1 saturated carbocycles. The Bertz CT molecular complexity index is 2270. The summed E-state index contributed by atoms with van der Waals surface area (Å²) in [6.07, 6.45) is 2.64. The Morgan fingerprint density at radius 2 is 1.02 bits per heavy atom. The van der Waals surface area contributed by atoms with E-state index < -0.39 is 35.5 Å². The van der Waals surface area contributed by atoms with E-state index in [0.29, 0.717) is 23.4 Å². The quantitative estimate of drug-likeness (QED) is 0.117. The molecular formula is C44H36N4O5. The third kappa shape index (κ3) is 5.56. The molecule has 4 amide bonds. The van der Waals surface area contributed by atoms with Gasteiger partial charge in [0.05, 0.1) is 35.0 Å². The molecule has 5 aromatic rings. The highest BCUT2D eigenvalue weighted by Gasteiger charge is 2.62. The fraction of sp³-hybridized carbons (Fsp3) is 0.182. The summed E-state index contributed by atoms with van der Waals surface area (Å²) in [7, 11) is 0. The number of carbonyl (C=O) groups is 4. The number of phenols is 1. The summed E-state index contributed by atoms with van der Waals surface area (Å²) in [5.41, 5.74) is 6.03. The van der Waals surface area contributed by atoms with Crippen LogP contribution in [-0.4, -0.2) is 28.7 Å². The SMILES string of the molecule is O=C1[C@H]2[C@H](CC=C3[C@H]2C[C@H]2C(=O)N(c4ccc(Nc5ccccc5)cc4)C(=O)[C@H]2[C@H]3c2cccc(O)c2)C(=O)N1c1ccc(Nc2ccccc2)cc1. The van der Waals surface area contributed by atoms with Crippen molar-refractivity contribution in [1.82, 2.24) is 0 Å². The van der Waals surface area contributed by atoms with E-state index in [9.17, 15) is 24.3 Å². The van der Waals surface area contributed by atoms with Crippen molar-refractivity contribution in [2.75, 3.05) is 20.4 Å². The number of carbonyl (C=O) groups excluding carboxylic acids is 4. The summed E-state index contributed by atoms with van der Waals surface area (Å²) in [6.45, 7) is 0. The molecule has 2 heterocycles. The van der Waals surface area contributed by atoms with E-state index in [2.05, 4.69) is 10.6 Å². The molecule has 2 aliphatic heterocycles. The predicted molar refractivity (Wildman–Crippen MR) is 203 cm³/mol. The standard InChI is InChI=1S/C44H36N4O5/c49-33-13-7-8-26(24-33)38-34-22-23-35-39(43(52)47(41(35)50)31-18-14-29(15-19-31)45-27-9-3-1-4-10-27)36(34)25-37-40(38)44(53)48(42(37)51)32-20-16-30(17-21-32)46-28-11-5-2-6-12-28/h1-22,24,35-40,45-46,49H,23,25H2/t35-,36+,37+,38-,39-,40+/m0/s1. The zero-order chi connectivity index (χ0) is 36.2. The van der Waals surface area contributed by atoms with Gasteiger partial charge in [-0.25, -0.2) is 0 Å². The lowest BCUT2D eigenvalue weighted by Gasteiger charge is -2.44. The summed E-state index contributed by atoms with van der Waals surface area (Å²) < 4.78 is 0. The molecule has 53 heavy (non-hydrogen) atoms. The number of allylic oxidation sites excluding steroid dienone is 2. The molecule has 2 aliphatic carbocycles. The summed E-state index contributed by atoms with van der Waals surface area (Å²) in [5, 5.41) is 17.2. The number of anilines is 6. The van der Waals surface area contributed by atoms with Crippen LogP contribution in [0.2, 0.25) is 0 Å². The van der Waals surface area contributed by atoms with Gasteiger partial charge in [0.25, 0.3) is 0 Å². The summed E-state index contributed by atoms with van der Waals surface area (Å²) in [6, 6.07) is 40.7. The molecule has 3 N–H and O–H groups in total. The van der Waals surface area contributed by atoms with Crippen LogP contribution in [0, 0.1) is 29.6 Å². The molecule has 9 nitrogen and oxygen atoms in total. The smallest absolute Gasteiger partial charge is 0.238 e. The third-order valence-corrected chi connectivity index (χ3v) is 11.3. The molecule has 0 unspecified atom stereocenters. The minimum Gasteiger partial charge on any atom is -0.508 e. The molecule has 262 valence electrons. The van der Waals surface area contributed by atoms with E-state index in [0.717, 1.165) is 28.3 Å². The number of phenolic OH excluding ortho intramolecular Hbond substituents is 1. The van der Waals surface area contributed by atoms with Gasteiger partial charge in [-0.3, -0.25) is 29.0 Å². The maximum absolute atomic E-state index is 14.5. The van der Waals surface area contributed by atoms with Crippen LogP contribution in [0.5, 0.6) is 5.75 Å². The van der Waals surface area contributed by atoms with Gasteiger partial charge < -0.3 is 15.7 Å². The van der Waals surface area contributed by atoms with Crippen molar-refractivity contribution in [2.45, 2.75) is 18.8 Å². The molecule has 0 radical (unpaired) electrons. The van der Waals surface area contributed by atoms with Gasteiger partial charge >= 0.3 is 0 Å². The third-order valence-electron chi connectivity index (χ3n) is 11.3. The van der Waals surface area contributed by atoms with E-state index in [4.69, 9.17) is 0 Å². The van der Waals surface area contributed by atoms with Crippen molar-refractivity contribution >= 4 is 57.8 Å².